The maximum atomic E-state index is 11.3. The minimum atomic E-state index is -1.08. The third-order valence-electron chi connectivity index (χ3n) is 2.89. The fourth-order valence-electron chi connectivity index (χ4n) is 1.95. The lowest BCUT2D eigenvalue weighted by molar-refractivity contribution is 0.0682. The molecule has 0 unspecified atom stereocenters. The van der Waals surface area contributed by atoms with Crippen molar-refractivity contribution < 1.29 is 19.8 Å². The summed E-state index contributed by atoms with van der Waals surface area (Å²) in [6, 6.07) is 11.4. The summed E-state index contributed by atoms with van der Waals surface area (Å²) in [6.45, 7) is 0. The molecule has 0 saturated heterocycles. The Morgan fingerprint density at radius 2 is 1.65 bits per heavy atom. The highest BCUT2D eigenvalue weighted by molar-refractivity contribution is 7.98. The number of rotatable bonds is 4. The second-order valence-electron chi connectivity index (χ2n) is 4.07. The van der Waals surface area contributed by atoms with Gasteiger partial charge in [0.2, 0.25) is 0 Å². The number of carboxylic acids is 2. The standard InChI is InChI=1S/C15H12O4S/c1-20-13-5-3-2-4-10(13)12-8-9(14(16)17)6-7-11(12)15(18)19/h2-8H,1H3,(H,16,17)(H,18,19). The Balaban J connectivity index is 2.72. The van der Waals surface area contributed by atoms with Crippen LogP contribution >= 0.6 is 11.8 Å². The molecule has 20 heavy (non-hydrogen) atoms. The Kier molecular flexibility index (Phi) is 4.10. The lowest BCUT2D eigenvalue weighted by Crippen LogP contribution is -2.04. The molecule has 102 valence electrons. The Labute approximate surface area is 120 Å². The van der Waals surface area contributed by atoms with Gasteiger partial charge in [-0.05, 0) is 41.6 Å². The van der Waals surface area contributed by atoms with Gasteiger partial charge in [0.05, 0.1) is 11.1 Å². The van der Waals surface area contributed by atoms with Crippen molar-refractivity contribution in [2.24, 2.45) is 0 Å². The van der Waals surface area contributed by atoms with Gasteiger partial charge >= 0.3 is 11.9 Å². The average molecular weight is 288 g/mol. The summed E-state index contributed by atoms with van der Waals surface area (Å²) in [7, 11) is 0. The first kappa shape index (κ1) is 14.1. The van der Waals surface area contributed by atoms with Gasteiger partial charge < -0.3 is 10.2 Å². The number of hydrogen-bond donors (Lipinski definition) is 2. The van der Waals surface area contributed by atoms with Crippen molar-refractivity contribution in [3.8, 4) is 11.1 Å². The number of thioether (sulfide) groups is 1. The van der Waals surface area contributed by atoms with Crippen LogP contribution in [0.15, 0.2) is 47.4 Å². The summed E-state index contributed by atoms with van der Waals surface area (Å²) in [5, 5.41) is 18.3. The Bertz CT molecular complexity index is 679. The van der Waals surface area contributed by atoms with Crippen molar-refractivity contribution in [1.82, 2.24) is 0 Å². The van der Waals surface area contributed by atoms with E-state index in [9.17, 15) is 14.7 Å². The van der Waals surface area contributed by atoms with Crippen LogP contribution in [0.1, 0.15) is 20.7 Å². The smallest absolute Gasteiger partial charge is 0.336 e. The van der Waals surface area contributed by atoms with Crippen molar-refractivity contribution >= 4 is 23.7 Å². The van der Waals surface area contributed by atoms with Crippen molar-refractivity contribution in [2.75, 3.05) is 6.26 Å². The van der Waals surface area contributed by atoms with E-state index < -0.39 is 11.9 Å². The topological polar surface area (TPSA) is 74.6 Å². The molecule has 2 aromatic carbocycles. The molecule has 0 fully saturated rings. The molecule has 4 nitrogen and oxygen atoms in total. The first-order valence-electron chi connectivity index (χ1n) is 5.78. The fraction of sp³-hybridized carbons (Fsp3) is 0.0667. The SMILES string of the molecule is CSc1ccccc1-c1cc(C(=O)O)ccc1C(=O)O. The maximum Gasteiger partial charge on any atom is 0.336 e. The predicted octanol–water partition coefficient (Wildman–Crippen LogP) is 3.47. The van der Waals surface area contributed by atoms with E-state index in [-0.39, 0.29) is 11.1 Å². The molecule has 2 aromatic rings. The van der Waals surface area contributed by atoms with E-state index in [1.54, 1.807) is 12.1 Å². The van der Waals surface area contributed by atoms with Crippen LogP contribution in [0.25, 0.3) is 11.1 Å². The van der Waals surface area contributed by atoms with Crippen LogP contribution < -0.4 is 0 Å². The van der Waals surface area contributed by atoms with Gasteiger partial charge in [-0.2, -0.15) is 0 Å². The highest BCUT2D eigenvalue weighted by Gasteiger charge is 2.16. The minimum Gasteiger partial charge on any atom is -0.478 e. The van der Waals surface area contributed by atoms with Gasteiger partial charge in [-0.3, -0.25) is 0 Å². The van der Waals surface area contributed by atoms with Gasteiger partial charge in [0, 0.05) is 4.90 Å². The molecule has 0 atom stereocenters. The van der Waals surface area contributed by atoms with Crippen LogP contribution in [0.5, 0.6) is 0 Å². The monoisotopic (exact) mass is 288 g/mol. The lowest BCUT2D eigenvalue weighted by atomic mass is 9.97. The largest absolute Gasteiger partial charge is 0.478 e. The molecule has 0 aliphatic rings. The Morgan fingerprint density at radius 3 is 2.25 bits per heavy atom. The van der Waals surface area contributed by atoms with Crippen molar-refractivity contribution in [2.45, 2.75) is 4.90 Å². The highest BCUT2D eigenvalue weighted by atomic mass is 32.2. The molecule has 0 aliphatic carbocycles. The number of carboxylic acid groups (broad SMARTS) is 2. The normalized spacial score (nSPS) is 10.2. The number of hydrogen-bond acceptors (Lipinski definition) is 3. The number of carbonyl (C=O) groups is 2. The van der Waals surface area contributed by atoms with E-state index in [2.05, 4.69) is 0 Å². The summed E-state index contributed by atoms with van der Waals surface area (Å²) in [6.07, 6.45) is 1.89. The van der Waals surface area contributed by atoms with Crippen LogP contribution in [0.4, 0.5) is 0 Å². The van der Waals surface area contributed by atoms with Crippen LogP contribution in [-0.4, -0.2) is 28.4 Å². The molecule has 2 rings (SSSR count). The fourth-order valence-corrected chi connectivity index (χ4v) is 2.57. The van der Waals surface area contributed by atoms with E-state index in [1.807, 2.05) is 18.4 Å². The van der Waals surface area contributed by atoms with Crippen molar-refractivity contribution in [1.29, 1.82) is 0 Å². The third-order valence-corrected chi connectivity index (χ3v) is 3.69. The predicted molar refractivity (Wildman–Crippen MR) is 77.6 cm³/mol. The second kappa shape index (κ2) is 5.79. The Hall–Kier alpha value is -2.27. The molecule has 0 bridgehead atoms. The molecule has 0 aliphatic heterocycles. The molecule has 0 amide bonds. The molecule has 0 heterocycles. The van der Waals surface area contributed by atoms with E-state index in [1.165, 1.54) is 30.0 Å². The second-order valence-corrected chi connectivity index (χ2v) is 4.92. The maximum absolute atomic E-state index is 11.3. The lowest BCUT2D eigenvalue weighted by Gasteiger charge is -2.11. The quantitative estimate of drug-likeness (QED) is 0.843. The van der Waals surface area contributed by atoms with Crippen LogP contribution in [0, 0.1) is 0 Å². The van der Waals surface area contributed by atoms with Gasteiger partial charge in [0.1, 0.15) is 0 Å². The minimum absolute atomic E-state index is 0.0703. The molecule has 2 N–H and O–H groups in total. The molecule has 0 spiro atoms. The van der Waals surface area contributed by atoms with Crippen molar-refractivity contribution in [3.05, 3.63) is 53.6 Å². The summed E-state index contributed by atoms with van der Waals surface area (Å²) < 4.78 is 0. The summed E-state index contributed by atoms with van der Waals surface area (Å²) in [4.78, 5) is 23.3. The van der Waals surface area contributed by atoms with Gasteiger partial charge in [0.25, 0.3) is 0 Å². The van der Waals surface area contributed by atoms with Gasteiger partial charge in [-0.15, -0.1) is 11.8 Å². The molecule has 0 aromatic heterocycles. The molecule has 0 radical (unpaired) electrons. The highest BCUT2D eigenvalue weighted by Crippen LogP contribution is 2.33. The van der Waals surface area contributed by atoms with Gasteiger partial charge in [-0.25, -0.2) is 9.59 Å². The average Bonchev–Trinajstić information content (AvgIpc) is 2.46. The van der Waals surface area contributed by atoms with E-state index in [0.29, 0.717) is 5.56 Å². The Morgan fingerprint density at radius 1 is 0.950 bits per heavy atom. The van der Waals surface area contributed by atoms with E-state index in [4.69, 9.17) is 5.11 Å². The number of aromatic carboxylic acids is 2. The first-order chi connectivity index (χ1) is 9.54. The van der Waals surface area contributed by atoms with E-state index in [0.717, 1.165) is 10.5 Å². The number of benzene rings is 2. The molecule has 0 saturated carbocycles. The van der Waals surface area contributed by atoms with E-state index >= 15 is 0 Å². The summed E-state index contributed by atoms with van der Waals surface area (Å²) in [5.74, 6) is -2.15. The van der Waals surface area contributed by atoms with Crippen LogP contribution in [-0.2, 0) is 0 Å². The zero-order valence-corrected chi connectivity index (χ0v) is 11.5. The zero-order valence-electron chi connectivity index (χ0n) is 10.7. The third kappa shape index (κ3) is 2.67. The summed E-state index contributed by atoms with van der Waals surface area (Å²) in [5.41, 5.74) is 1.31. The zero-order chi connectivity index (χ0) is 14.7. The van der Waals surface area contributed by atoms with Gasteiger partial charge in [-0.1, -0.05) is 18.2 Å². The van der Waals surface area contributed by atoms with Gasteiger partial charge in [0.15, 0.2) is 0 Å². The first-order valence-corrected chi connectivity index (χ1v) is 7.01. The molecular formula is C15H12O4S. The summed E-state index contributed by atoms with van der Waals surface area (Å²) >= 11 is 1.48. The van der Waals surface area contributed by atoms with Crippen LogP contribution in [0.3, 0.4) is 0 Å². The molecular weight excluding hydrogens is 276 g/mol. The molecule has 5 heteroatoms. The van der Waals surface area contributed by atoms with Crippen LogP contribution in [0.2, 0.25) is 0 Å². The van der Waals surface area contributed by atoms with Crippen molar-refractivity contribution in [3.63, 3.8) is 0 Å².